The number of nitrogens with zero attached hydrogens (tertiary/aromatic N) is 1. The average molecular weight is 174 g/mol. The minimum atomic E-state index is 0. The molecule has 76 valence electrons. The van der Waals surface area contributed by atoms with Crippen molar-refractivity contribution in [3.8, 4) is 0 Å². The van der Waals surface area contributed by atoms with Crippen molar-refractivity contribution in [2.75, 3.05) is 26.2 Å². The lowest BCUT2D eigenvalue weighted by Crippen LogP contribution is -2.33. The molecule has 0 aliphatic carbocycles. The highest BCUT2D eigenvalue weighted by molar-refractivity contribution is 4.68. The van der Waals surface area contributed by atoms with Crippen molar-refractivity contribution in [1.29, 1.82) is 0 Å². The summed E-state index contributed by atoms with van der Waals surface area (Å²) in [6.07, 6.45) is 1.30. The quantitative estimate of drug-likeness (QED) is 0.654. The average Bonchev–Trinajstić information content (AvgIpc) is 2.12. The van der Waals surface area contributed by atoms with Gasteiger partial charge >= 0.3 is 0 Å². The first-order valence-electron chi connectivity index (χ1n) is 4.25. The lowest BCUT2D eigenvalue weighted by molar-refractivity contribution is 0.237. The smallest absolute Gasteiger partial charge is 0.0110 e. The molecule has 1 fully saturated rings. The third-order valence-corrected chi connectivity index (χ3v) is 2.10. The van der Waals surface area contributed by atoms with Crippen LogP contribution in [0.25, 0.3) is 0 Å². The van der Waals surface area contributed by atoms with E-state index in [0.29, 0.717) is 0 Å². The topological polar surface area (TPSA) is 15.3 Å². The monoisotopic (exact) mass is 174 g/mol. The molecule has 0 aromatic heterocycles. The molecule has 0 aromatic carbocycles. The van der Waals surface area contributed by atoms with Gasteiger partial charge in [-0.15, -0.1) is 0 Å². The van der Waals surface area contributed by atoms with Crippen LogP contribution in [-0.4, -0.2) is 37.1 Å². The zero-order valence-corrected chi connectivity index (χ0v) is 7.06. The van der Waals surface area contributed by atoms with E-state index in [1.807, 2.05) is 0 Å². The van der Waals surface area contributed by atoms with Crippen LogP contribution in [0.5, 0.6) is 0 Å². The Morgan fingerprint density at radius 1 is 1.08 bits per heavy atom. The van der Waals surface area contributed by atoms with E-state index in [2.05, 4.69) is 24.1 Å². The maximum Gasteiger partial charge on any atom is 0.0110 e. The normalized spacial score (nSPS) is 19.2. The van der Waals surface area contributed by atoms with Crippen LogP contribution in [0.1, 0.15) is 35.1 Å². The van der Waals surface area contributed by atoms with Gasteiger partial charge in [0.05, 0.1) is 0 Å². The molecule has 1 rings (SSSR count). The van der Waals surface area contributed by atoms with E-state index < -0.39 is 0 Å². The standard InChI is InChI=1S/C8H18N2.2CH4/c1-8(2)10-6-3-4-9-5-7-10;;/h8-9H,3-7H2,1-2H3;2*1H4. The van der Waals surface area contributed by atoms with Crippen molar-refractivity contribution in [2.24, 2.45) is 0 Å². The van der Waals surface area contributed by atoms with Gasteiger partial charge in [-0.05, 0) is 33.4 Å². The lowest BCUT2D eigenvalue weighted by Gasteiger charge is -2.23. The van der Waals surface area contributed by atoms with Gasteiger partial charge in [0, 0.05) is 19.1 Å². The SMILES string of the molecule is C.C.CC(C)N1CCCNCC1. The van der Waals surface area contributed by atoms with Crippen LogP contribution in [-0.2, 0) is 0 Å². The summed E-state index contributed by atoms with van der Waals surface area (Å²) in [6.45, 7) is 9.39. The van der Waals surface area contributed by atoms with Gasteiger partial charge < -0.3 is 5.32 Å². The van der Waals surface area contributed by atoms with Gasteiger partial charge in [0.2, 0.25) is 0 Å². The highest BCUT2D eigenvalue weighted by atomic mass is 15.2. The van der Waals surface area contributed by atoms with Gasteiger partial charge in [0.25, 0.3) is 0 Å². The molecule has 0 aromatic rings. The fraction of sp³-hybridized carbons (Fsp3) is 1.00. The molecule has 12 heavy (non-hydrogen) atoms. The Bertz CT molecular complexity index is 83.8. The van der Waals surface area contributed by atoms with Crippen molar-refractivity contribution in [2.45, 2.75) is 41.2 Å². The number of rotatable bonds is 1. The van der Waals surface area contributed by atoms with Gasteiger partial charge in [-0.1, -0.05) is 14.9 Å². The Morgan fingerprint density at radius 3 is 2.33 bits per heavy atom. The van der Waals surface area contributed by atoms with E-state index in [0.717, 1.165) is 12.6 Å². The van der Waals surface area contributed by atoms with Gasteiger partial charge in [0.15, 0.2) is 0 Å². The predicted molar refractivity (Wildman–Crippen MR) is 57.7 cm³/mol. The van der Waals surface area contributed by atoms with Gasteiger partial charge in [-0.25, -0.2) is 0 Å². The largest absolute Gasteiger partial charge is 0.315 e. The Morgan fingerprint density at radius 2 is 1.75 bits per heavy atom. The molecule has 0 unspecified atom stereocenters. The van der Waals surface area contributed by atoms with Crippen molar-refractivity contribution in [3.63, 3.8) is 0 Å². The minimum absolute atomic E-state index is 0. The van der Waals surface area contributed by atoms with E-state index >= 15 is 0 Å². The van der Waals surface area contributed by atoms with Crippen LogP contribution in [0.3, 0.4) is 0 Å². The van der Waals surface area contributed by atoms with Crippen LogP contribution in [0.4, 0.5) is 0 Å². The predicted octanol–water partition coefficient (Wildman–Crippen LogP) is 1.96. The van der Waals surface area contributed by atoms with Crippen LogP contribution in [0.2, 0.25) is 0 Å². The molecule has 1 saturated heterocycles. The highest BCUT2D eigenvalue weighted by Crippen LogP contribution is 2.00. The second-order valence-corrected chi connectivity index (χ2v) is 3.23. The zero-order chi connectivity index (χ0) is 7.40. The summed E-state index contributed by atoms with van der Waals surface area (Å²) in [6, 6.07) is 0.722. The second-order valence-electron chi connectivity index (χ2n) is 3.23. The summed E-state index contributed by atoms with van der Waals surface area (Å²) in [4.78, 5) is 2.53. The lowest BCUT2D eigenvalue weighted by atomic mass is 10.3. The number of hydrogen-bond donors (Lipinski definition) is 1. The molecule has 2 nitrogen and oxygen atoms in total. The highest BCUT2D eigenvalue weighted by Gasteiger charge is 2.10. The fourth-order valence-electron chi connectivity index (χ4n) is 1.38. The van der Waals surface area contributed by atoms with E-state index in [1.54, 1.807) is 0 Å². The summed E-state index contributed by atoms with van der Waals surface area (Å²) in [5, 5.41) is 3.39. The second kappa shape index (κ2) is 7.56. The van der Waals surface area contributed by atoms with E-state index in [9.17, 15) is 0 Å². The van der Waals surface area contributed by atoms with Gasteiger partial charge in [0.1, 0.15) is 0 Å². The number of hydrogen-bond acceptors (Lipinski definition) is 2. The Kier molecular flexibility index (Phi) is 9.10. The maximum atomic E-state index is 3.39. The van der Waals surface area contributed by atoms with E-state index in [1.165, 1.54) is 26.1 Å². The summed E-state index contributed by atoms with van der Waals surface area (Å²) in [5.74, 6) is 0. The molecule has 1 heterocycles. The maximum absolute atomic E-state index is 3.39. The third kappa shape index (κ3) is 4.73. The van der Waals surface area contributed by atoms with Crippen molar-refractivity contribution in [3.05, 3.63) is 0 Å². The number of nitrogens with one attached hydrogen (secondary N) is 1. The first kappa shape index (κ1) is 14.4. The molecule has 2 heteroatoms. The minimum Gasteiger partial charge on any atom is -0.315 e. The summed E-state index contributed by atoms with van der Waals surface area (Å²) < 4.78 is 0. The Hall–Kier alpha value is -0.0800. The molecule has 0 bridgehead atoms. The molecule has 0 spiro atoms. The molecular formula is C10H26N2. The fourth-order valence-corrected chi connectivity index (χ4v) is 1.38. The van der Waals surface area contributed by atoms with Crippen molar-refractivity contribution < 1.29 is 0 Å². The molecule has 0 saturated carbocycles. The van der Waals surface area contributed by atoms with E-state index in [-0.39, 0.29) is 14.9 Å². The van der Waals surface area contributed by atoms with Crippen molar-refractivity contribution in [1.82, 2.24) is 10.2 Å². The molecule has 1 N–H and O–H groups in total. The van der Waals surface area contributed by atoms with Crippen LogP contribution >= 0.6 is 0 Å². The Labute approximate surface area is 78.3 Å². The summed E-state index contributed by atoms with van der Waals surface area (Å²) in [7, 11) is 0. The van der Waals surface area contributed by atoms with Crippen LogP contribution in [0.15, 0.2) is 0 Å². The third-order valence-electron chi connectivity index (χ3n) is 2.10. The molecule has 0 atom stereocenters. The molecule has 1 aliphatic rings. The molecule has 1 aliphatic heterocycles. The van der Waals surface area contributed by atoms with Crippen molar-refractivity contribution >= 4 is 0 Å². The van der Waals surface area contributed by atoms with Crippen LogP contribution < -0.4 is 5.32 Å². The summed E-state index contributed by atoms with van der Waals surface area (Å²) in [5.41, 5.74) is 0. The first-order chi connectivity index (χ1) is 4.80. The first-order valence-corrected chi connectivity index (χ1v) is 4.25. The molecule has 0 amide bonds. The summed E-state index contributed by atoms with van der Waals surface area (Å²) >= 11 is 0. The zero-order valence-electron chi connectivity index (χ0n) is 7.06. The Balaban J connectivity index is 0. The van der Waals surface area contributed by atoms with Gasteiger partial charge in [-0.3, -0.25) is 4.90 Å². The van der Waals surface area contributed by atoms with Gasteiger partial charge in [-0.2, -0.15) is 0 Å². The van der Waals surface area contributed by atoms with E-state index in [4.69, 9.17) is 0 Å². The molecular weight excluding hydrogens is 148 g/mol. The van der Waals surface area contributed by atoms with Crippen LogP contribution in [0, 0.1) is 0 Å². The molecule has 0 radical (unpaired) electrons.